The molecule has 0 heterocycles. The summed E-state index contributed by atoms with van der Waals surface area (Å²) in [6.45, 7) is 0. The molecule has 0 amide bonds. The van der Waals surface area contributed by atoms with Crippen molar-refractivity contribution in [3.05, 3.63) is 182 Å². The highest BCUT2D eigenvalue weighted by Crippen LogP contribution is 2.40. The highest BCUT2D eigenvalue weighted by atomic mass is 14.2. The maximum Gasteiger partial charge on any atom is -0.00926 e. The summed E-state index contributed by atoms with van der Waals surface area (Å²) >= 11 is 0. The molecule has 0 fully saturated rings. The lowest BCUT2D eigenvalue weighted by Gasteiger charge is -2.15. The number of hydrogen-bond donors (Lipinski definition) is 0. The number of benzene rings is 10. The van der Waals surface area contributed by atoms with Gasteiger partial charge in [0.05, 0.1) is 0 Å². The van der Waals surface area contributed by atoms with Gasteiger partial charge in [0.2, 0.25) is 0 Å². The Balaban J connectivity index is 1.09. The van der Waals surface area contributed by atoms with Crippen LogP contribution >= 0.6 is 0 Å². The van der Waals surface area contributed by atoms with Gasteiger partial charge < -0.3 is 0 Å². The summed E-state index contributed by atoms with van der Waals surface area (Å²) < 4.78 is 0. The van der Waals surface area contributed by atoms with Crippen LogP contribution in [0, 0.1) is 0 Å². The van der Waals surface area contributed by atoms with E-state index < -0.39 is 0 Å². The smallest absolute Gasteiger partial charge is 0.00926 e. The van der Waals surface area contributed by atoms with E-state index in [1.54, 1.807) is 0 Å². The molecule has 10 aromatic rings. The monoisotopic (exact) mass is 606 g/mol. The van der Waals surface area contributed by atoms with Crippen LogP contribution < -0.4 is 0 Å². The van der Waals surface area contributed by atoms with Crippen LogP contribution in [0.4, 0.5) is 0 Å². The topological polar surface area (TPSA) is 0 Å². The van der Waals surface area contributed by atoms with Gasteiger partial charge >= 0.3 is 0 Å². The van der Waals surface area contributed by atoms with E-state index in [0.29, 0.717) is 0 Å². The van der Waals surface area contributed by atoms with Gasteiger partial charge in [0, 0.05) is 0 Å². The van der Waals surface area contributed by atoms with Crippen molar-refractivity contribution < 1.29 is 0 Å². The number of rotatable bonds is 3. The Bertz CT molecular complexity index is 2890. The zero-order valence-corrected chi connectivity index (χ0v) is 26.3. The minimum atomic E-state index is 1.23. The number of hydrogen-bond acceptors (Lipinski definition) is 0. The average molecular weight is 607 g/mol. The first kappa shape index (κ1) is 26.9. The van der Waals surface area contributed by atoms with Crippen molar-refractivity contribution in [2.45, 2.75) is 0 Å². The van der Waals surface area contributed by atoms with Crippen LogP contribution in [0.2, 0.25) is 0 Å². The fraction of sp³-hybridized carbons (Fsp3) is 0. The molecule has 0 N–H and O–H groups in total. The van der Waals surface area contributed by atoms with E-state index in [1.165, 1.54) is 98.0 Å². The minimum Gasteiger partial charge on any atom is -0.0616 e. The van der Waals surface area contributed by atoms with E-state index in [4.69, 9.17) is 0 Å². The normalized spacial score (nSPS) is 11.8. The van der Waals surface area contributed by atoms with Crippen molar-refractivity contribution in [1.82, 2.24) is 0 Å². The lowest BCUT2D eigenvalue weighted by Crippen LogP contribution is -1.87. The SMILES string of the molecule is c1cc(-c2ccc3ccccc3c2)cc(-c2ccc3cc(-c4cc5c(ccc6c7ccccc7ccc65)c5ccccc45)ccc3c2)c1. The predicted octanol–water partition coefficient (Wildman–Crippen LogP) is 13.6. The lowest BCUT2D eigenvalue weighted by atomic mass is 9.89. The van der Waals surface area contributed by atoms with Gasteiger partial charge in [-0.25, -0.2) is 0 Å². The minimum absolute atomic E-state index is 1.23. The number of fused-ring (bicyclic) bond motifs is 9. The van der Waals surface area contributed by atoms with Crippen LogP contribution in [0.5, 0.6) is 0 Å². The summed E-state index contributed by atoms with van der Waals surface area (Å²) in [7, 11) is 0. The largest absolute Gasteiger partial charge is 0.0616 e. The summed E-state index contributed by atoms with van der Waals surface area (Å²) in [6, 6.07) is 67.2. The van der Waals surface area contributed by atoms with Crippen LogP contribution in [0.1, 0.15) is 0 Å². The van der Waals surface area contributed by atoms with E-state index in [1.807, 2.05) is 0 Å². The van der Waals surface area contributed by atoms with Gasteiger partial charge in [0.1, 0.15) is 0 Å². The van der Waals surface area contributed by atoms with Crippen LogP contribution in [0.3, 0.4) is 0 Å². The molecule has 0 saturated carbocycles. The highest BCUT2D eigenvalue weighted by Gasteiger charge is 2.13. The Kier molecular flexibility index (Phi) is 5.98. The van der Waals surface area contributed by atoms with E-state index in [0.717, 1.165) is 0 Å². The van der Waals surface area contributed by atoms with Crippen molar-refractivity contribution in [2.24, 2.45) is 0 Å². The second-order valence-corrected chi connectivity index (χ2v) is 12.9. The Labute approximate surface area is 279 Å². The molecule has 0 nitrogen and oxygen atoms in total. The Morgan fingerprint density at radius 1 is 0.188 bits per heavy atom. The highest BCUT2D eigenvalue weighted by molar-refractivity contribution is 6.24. The summed E-state index contributed by atoms with van der Waals surface area (Å²) in [5.41, 5.74) is 7.44. The zero-order valence-electron chi connectivity index (χ0n) is 26.3. The van der Waals surface area contributed by atoms with Crippen LogP contribution in [-0.4, -0.2) is 0 Å². The molecule has 0 heteroatoms. The fourth-order valence-corrected chi connectivity index (χ4v) is 7.76. The second-order valence-electron chi connectivity index (χ2n) is 12.9. The van der Waals surface area contributed by atoms with E-state index in [-0.39, 0.29) is 0 Å². The van der Waals surface area contributed by atoms with Crippen molar-refractivity contribution >= 4 is 64.6 Å². The van der Waals surface area contributed by atoms with Crippen molar-refractivity contribution in [1.29, 1.82) is 0 Å². The Morgan fingerprint density at radius 3 is 1.35 bits per heavy atom. The molecular formula is C48H30. The predicted molar refractivity (Wildman–Crippen MR) is 208 cm³/mol. The second kappa shape index (κ2) is 10.7. The van der Waals surface area contributed by atoms with Crippen molar-refractivity contribution in [2.75, 3.05) is 0 Å². The first-order valence-corrected chi connectivity index (χ1v) is 16.7. The zero-order chi connectivity index (χ0) is 31.6. The molecule has 0 aliphatic heterocycles. The molecule has 0 unspecified atom stereocenters. The quantitative estimate of drug-likeness (QED) is 0.176. The molecule has 0 saturated heterocycles. The Hall–Kier alpha value is -6.24. The summed E-state index contributed by atoms with van der Waals surface area (Å²) in [4.78, 5) is 0. The van der Waals surface area contributed by atoms with Gasteiger partial charge in [-0.05, 0) is 128 Å². The van der Waals surface area contributed by atoms with Crippen LogP contribution in [-0.2, 0) is 0 Å². The van der Waals surface area contributed by atoms with Crippen molar-refractivity contribution in [3.63, 3.8) is 0 Å². The van der Waals surface area contributed by atoms with Gasteiger partial charge in [0.25, 0.3) is 0 Å². The molecule has 0 aliphatic rings. The summed E-state index contributed by atoms with van der Waals surface area (Å²) in [6.07, 6.45) is 0. The third-order valence-corrected chi connectivity index (χ3v) is 10.2. The molecule has 10 aromatic carbocycles. The van der Waals surface area contributed by atoms with Gasteiger partial charge in [-0.1, -0.05) is 152 Å². The lowest BCUT2D eigenvalue weighted by molar-refractivity contribution is 1.61. The molecule has 0 spiro atoms. The fourth-order valence-electron chi connectivity index (χ4n) is 7.76. The molecule has 0 atom stereocenters. The average Bonchev–Trinajstić information content (AvgIpc) is 3.16. The molecule has 0 aliphatic carbocycles. The molecule has 0 aromatic heterocycles. The van der Waals surface area contributed by atoms with Gasteiger partial charge in [0.15, 0.2) is 0 Å². The van der Waals surface area contributed by atoms with Crippen LogP contribution in [0.15, 0.2) is 182 Å². The maximum absolute atomic E-state index is 2.42. The van der Waals surface area contributed by atoms with Crippen molar-refractivity contribution in [3.8, 4) is 33.4 Å². The molecule has 222 valence electrons. The van der Waals surface area contributed by atoms with Gasteiger partial charge in [-0.2, -0.15) is 0 Å². The van der Waals surface area contributed by atoms with Gasteiger partial charge in [-0.15, -0.1) is 0 Å². The third kappa shape index (κ3) is 4.31. The van der Waals surface area contributed by atoms with Crippen LogP contribution in [0.25, 0.3) is 98.0 Å². The van der Waals surface area contributed by atoms with E-state index in [9.17, 15) is 0 Å². The maximum atomic E-state index is 2.42. The van der Waals surface area contributed by atoms with E-state index in [2.05, 4.69) is 182 Å². The van der Waals surface area contributed by atoms with E-state index >= 15 is 0 Å². The summed E-state index contributed by atoms with van der Waals surface area (Å²) in [5, 5.41) is 15.4. The first-order chi connectivity index (χ1) is 23.8. The standard InChI is InChI=1S/C48H30/c1-2-10-33-26-36(17-16-31(33)8-1)34-11-7-12-35(27-34)37-18-19-39-29-40(21-20-38(39)28-37)47-30-48-45-23-22-32-9-3-4-13-41(32)44(45)24-25-46(48)42-14-5-6-15-43(42)47/h1-30H. The molecule has 0 radical (unpaired) electrons. The first-order valence-electron chi connectivity index (χ1n) is 16.7. The third-order valence-electron chi connectivity index (χ3n) is 10.2. The Morgan fingerprint density at radius 2 is 0.625 bits per heavy atom. The molecule has 0 bridgehead atoms. The molecule has 48 heavy (non-hydrogen) atoms. The summed E-state index contributed by atoms with van der Waals surface area (Å²) in [5.74, 6) is 0. The molecular weight excluding hydrogens is 577 g/mol. The molecule has 10 rings (SSSR count). The van der Waals surface area contributed by atoms with Gasteiger partial charge in [-0.3, -0.25) is 0 Å².